The number of fused-ring (bicyclic) bond motifs is 1. The maximum atomic E-state index is 9.46. The van der Waals surface area contributed by atoms with E-state index in [4.69, 9.17) is 16.3 Å². The van der Waals surface area contributed by atoms with E-state index in [0.29, 0.717) is 17.9 Å². The number of nitriles is 1. The molecule has 1 aliphatic carbocycles. The molecule has 0 spiro atoms. The second-order valence-corrected chi connectivity index (χ2v) is 8.05. The number of nitrogens with two attached hydrogens (primary N) is 2. The van der Waals surface area contributed by atoms with Gasteiger partial charge in [-0.2, -0.15) is 5.26 Å². The van der Waals surface area contributed by atoms with Crippen molar-refractivity contribution in [2.75, 3.05) is 7.11 Å². The van der Waals surface area contributed by atoms with Crippen molar-refractivity contribution in [3.63, 3.8) is 0 Å². The Morgan fingerprint density at radius 1 is 1.19 bits per heavy atom. The fraction of sp³-hybridized carbons (Fsp3) is 0.280. The number of hydrogen-bond acceptors (Lipinski definition) is 6. The summed E-state index contributed by atoms with van der Waals surface area (Å²) in [6.07, 6.45) is 5.81. The van der Waals surface area contributed by atoms with E-state index in [2.05, 4.69) is 11.1 Å². The lowest BCUT2D eigenvalue weighted by Gasteiger charge is -2.29. The van der Waals surface area contributed by atoms with Crippen molar-refractivity contribution >= 4 is 10.9 Å². The predicted molar refractivity (Wildman–Crippen MR) is 122 cm³/mol. The Hall–Kier alpha value is -3.40. The lowest BCUT2D eigenvalue weighted by molar-refractivity contribution is 0.0254. The highest BCUT2D eigenvalue weighted by Crippen LogP contribution is 2.36. The number of aromatic nitrogens is 1. The molecular formula is C25H27N5O. The van der Waals surface area contributed by atoms with Gasteiger partial charge in [0.05, 0.1) is 17.8 Å². The summed E-state index contributed by atoms with van der Waals surface area (Å²) in [5.41, 5.74) is 10.8. The fourth-order valence-corrected chi connectivity index (χ4v) is 4.40. The van der Waals surface area contributed by atoms with Gasteiger partial charge in [0.1, 0.15) is 17.4 Å². The minimum atomic E-state index is -0.408. The van der Waals surface area contributed by atoms with E-state index in [1.54, 1.807) is 18.3 Å². The molecule has 6 nitrogen and oxygen atoms in total. The molecule has 4 rings (SSSR count). The van der Waals surface area contributed by atoms with Gasteiger partial charge in [-0.3, -0.25) is 0 Å². The molecule has 6 heteroatoms. The third kappa shape index (κ3) is 4.24. The van der Waals surface area contributed by atoms with Crippen molar-refractivity contribution < 1.29 is 4.74 Å². The SMILES string of the molecule is COC1(/C(N)=C/N(N)Cc2ccc3c(-c4ccccc4)cc(C#N)nc3c2)CCCC1. The summed E-state index contributed by atoms with van der Waals surface area (Å²) in [7, 11) is 1.71. The highest BCUT2D eigenvalue weighted by Gasteiger charge is 2.36. The largest absolute Gasteiger partial charge is 0.398 e. The number of hydrazine groups is 1. The van der Waals surface area contributed by atoms with Crippen LogP contribution in [0.25, 0.3) is 22.0 Å². The average molecular weight is 414 g/mol. The van der Waals surface area contributed by atoms with Crippen LogP contribution in [-0.4, -0.2) is 22.7 Å². The number of ether oxygens (including phenoxy) is 1. The average Bonchev–Trinajstić information content (AvgIpc) is 3.29. The molecule has 1 heterocycles. The predicted octanol–water partition coefficient (Wildman–Crippen LogP) is 4.21. The molecule has 1 aliphatic rings. The molecule has 0 amide bonds. The van der Waals surface area contributed by atoms with Crippen molar-refractivity contribution in [2.45, 2.75) is 37.8 Å². The van der Waals surface area contributed by atoms with Gasteiger partial charge in [0.25, 0.3) is 0 Å². The van der Waals surface area contributed by atoms with Gasteiger partial charge in [-0.15, -0.1) is 0 Å². The molecule has 1 saturated carbocycles. The summed E-state index contributed by atoms with van der Waals surface area (Å²) < 4.78 is 5.73. The molecule has 0 aliphatic heterocycles. The second kappa shape index (κ2) is 8.76. The van der Waals surface area contributed by atoms with E-state index in [-0.39, 0.29) is 0 Å². The highest BCUT2D eigenvalue weighted by molar-refractivity contribution is 5.95. The molecule has 158 valence electrons. The van der Waals surface area contributed by atoms with Crippen LogP contribution in [0.3, 0.4) is 0 Å². The quantitative estimate of drug-likeness (QED) is 0.464. The zero-order valence-electron chi connectivity index (χ0n) is 17.7. The Morgan fingerprint density at radius 3 is 2.61 bits per heavy atom. The Balaban J connectivity index is 1.64. The molecule has 0 radical (unpaired) electrons. The molecule has 1 aromatic heterocycles. The van der Waals surface area contributed by atoms with E-state index < -0.39 is 5.60 Å². The third-order valence-electron chi connectivity index (χ3n) is 6.07. The first-order valence-corrected chi connectivity index (χ1v) is 10.5. The Kier molecular flexibility index (Phi) is 5.90. The summed E-state index contributed by atoms with van der Waals surface area (Å²) in [6, 6.07) is 20.1. The first-order valence-electron chi connectivity index (χ1n) is 10.5. The van der Waals surface area contributed by atoms with Crippen molar-refractivity contribution in [1.29, 1.82) is 5.26 Å². The maximum absolute atomic E-state index is 9.46. The molecule has 0 atom stereocenters. The standard InChI is InChI=1S/C25H27N5O/c1-31-25(11-5-6-12-25)24(27)17-30(28)16-18-9-10-21-22(19-7-3-2-4-8-19)14-20(15-26)29-23(21)13-18/h2-4,7-10,13-14,17H,5-6,11-12,16,27-28H2,1H3/b24-17-. The summed E-state index contributed by atoms with van der Waals surface area (Å²) in [4.78, 5) is 4.52. The third-order valence-corrected chi connectivity index (χ3v) is 6.07. The van der Waals surface area contributed by atoms with Gasteiger partial charge in [0, 0.05) is 18.7 Å². The summed E-state index contributed by atoms with van der Waals surface area (Å²) in [5, 5.41) is 12.0. The molecule has 4 N–H and O–H groups in total. The molecule has 0 saturated heterocycles. The van der Waals surface area contributed by atoms with Crippen LogP contribution in [0.15, 0.2) is 66.5 Å². The zero-order valence-corrected chi connectivity index (χ0v) is 17.7. The number of hydrogen-bond donors (Lipinski definition) is 2. The number of benzene rings is 2. The summed E-state index contributed by atoms with van der Waals surface area (Å²) in [5.74, 6) is 6.26. The minimum absolute atomic E-state index is 0.389. The van der Waals surface area contributed by atoms with Crippen molar-refractivity contribution in [2.24, 2.45) is 11.6 Å². The Bertz CT molecular complexity index is 1140. The van der Waals surface area contributed by atoms with E-state index in [1.165, 1.54) is 0 Å². The van der Waals surface area contributed by atoms with E-state index >= 15 is 0 Å². The van der Waals surface area contributed by atoms with Gasteiger partial charge in [-0.05, 0) is 41.7 Å². The van der Waals surface area contributed by atoms with Crippen molar-refractivity contribution in [3.8, 4) is 17.2 Å². The lowest BCUT2D eigenvalue weighted by Crippen LogP contribution is -2.37. The zero-order chi connectivity index (χ0) is 21.8. The van der Waals surface area contributed by atoms with E-state index in [1.807, 2.05) is 54.6 Å². The van der Waals surface area contributed by atoms with Crippen LogP contribution < -0.4 is 11.6 Å². The number of nitrogens with zero attached hydrogens (tertiary/aromatic N) is 3. The minimum Gasteiger partial charge on any atom is -0.398 e. The van der Waals surface area contributed by atoms with Crippen molar-refractivity contribution in [3.05, 3.63) is 77.8 Å². The van der Waals surface area contributed by atoms with E-state index in [0.717, 1.165) is 53.3 Å². The topological polar surface area (TPSA) is 101 Å². The van der Waals surface area contributed by atoms with Gasteiger partial charge in [-0.1, -0.05) is 55.3 Å². The lowest BCUT2D eigenvalue weighted by atomic mass is 9.98. The van der Waals surface area contributed by atoms with Gasteiger partial charge in [0.2, 0.25) is 0 Å². The van der Waals surface area contributed by atoms with E-state index in [9.17, 15) is 5.26 Å². The van der Waals surface area contributed by atoms with Crippen LogP contribution >= 0.6 is 0 Å². The Morgan fingerprint density at radius 2 is 1.94 bits per heavy atom. The first-order chi connectivity index (χ1) is 15.0. The van der Waals surface area contributed by atoms with Gasteiger partial charge in [0.15, 0.2) is 0 Å². The second-order valence-electron chi connectivity index (χ2n) is 8.05. The molecule has 2 aromatic carbocycles. The number of methoxy groups -OCH3 is 1. The van der Waals surface area contributed by atoms with Gasteiger partial charge < -0.3 is 15.5 Å². The molecular weight excluding hydrogens is 386 g/mol. The number of rotatable bonds is 6. The van der Waals surface area contributed by atoms with Crippen LogP contribution in [0.1, 0.15) is 36.9 Å². The summed E-state index contributed by atoms with van der Waals surface area (Å²) in [6.45, 7) is 0.468. The fourth-order valence-electron chi connectivity index (χ4n) is 4.40. The molecule has 0 bridgehead atoms. The van der Waals surface area contributed by atoms with Crippen LogP contribution in [-0.2, 0) is 11.3 Å². The van der Waals surface area contributed by atoms with Crippen LogP contribution in [0.4, 0.5) is 0 Å². The Labute approximate surface area is 182 Å². The van der Waals surface area contributed by atoms with Crippen LogP contribution in [0.2, 0.25) is 0 Å². The van der Waals surface area contributed by atoms with Crippen LogP contribution in [0.5, 0.6) is 0 Å². The normalized spacial score (nSPS) is 15.7. The van der Waals surface area contributed by atoms with Gasteiger partial charge >= 0.3 is 0 Å². The molecule has 1 fully saturated rings. The molecule has 31 heavy (non-hydrogen) atoms. The monoisotopic (exact) mass is 413 g/mol. The van der Waals surface area contributed by atoms with Crippen molar-refractivity contribution in [1.82, 2.24) is 9.99 Å². The van der Waals surface area contributed by atoms with Gasteiger partial charge in [-0.25, -0.2) is 10.8 Å². The first kappa shape index (κ1) is 20.9. The maximum Gasteiger partial charge on any atom is 0.141 e. The summed E-state index contributed by atoms with van der Waals surface area (Å²) >= 11 is 0. The van der Waals surface area contributed by atoms with Crippen LogP contribution in [0, 0.1) is 11.3 Å². The smallest absolute Gasteiger partial charge is 0.141 e. The molecule has 3 aromatic rings. The highest BCUT2D eigenvalue weighted by atomic mass is 16.5. The number of pyridine rings is 1. The molecule has 0 unspecified atom stereocenters.